The number of amides is 1. The van der Waals surface area contributed by atoms with Crippen LogP contribution in [-0.4, -0.2) is 28.1 Å². The number of nitrogens with two attached hydrogens (primary N) is 1. The van der Waals surface area contributed by atoms with Crippen LogP contribution >= 0.6 is 11.6 Å². The number of nitrogens with zero attached hydrogens (tertiary/aromatic N) is 1. The van der Waals surface area contributed by atoms with E-state index in [9.17, 15) is 4.79 Å². The maximum Gasteiger partial charge on any atom is 0.254 e. The second-order valence-corrected chi connectivity index (χ2v) is 4.46. The maximum absolute atomic E-state index is 11.8. The molecule has 0 atom stereocenters. The molecule has 1 rings (SSSR count). The molecular formula is C10H14ClN3O2. The van der Waals surface area contributed by atoms with E-state index >= 15 is 0 Å². The molecule has 1 aromatic rings. The van der Waals surface area contributed by atoms with Gasteiger partial charge in [0.15, 0.2) is 0 Å². The minimum absolute atomic E-state index is 0.0837. The van der Waals surface area contributed by atoms with Crippen LogP contribution in [0.25, 0.3) is 0 Å². The Morgan fingerprint density at radius 1 is 1.69 bits per heavy atom. The van der Waals surface area contributed by atoms with Crippen molar-refractivity contribution in [2.24, 2.45) is 0 Å². The highest BCUT2D eigenvalue weighted by Gasteiger charge is 2.21. The summed E-state index contributed by atoms with van der Waals surface area (Å²) < 4.78 is 0. The van der Waals surface area contributed by atoms with Gasteiger partial charge < -0.3 is 16.2 Å². The van der Waals surface area contributed by atoms with E-state index in [0.29, 0.717) is 5.69 Å². The Kier molecular flexibility index (Phi) is 3.72. The third-order valence-electron chi connectivity index (χ3n) is 1.95. The van der Waals surface area contributed by atoms with E-state index in [1.54, 1.807) is 13.8 Å². The molecule has 0 unspecified atom stereocenters. The molecule has 0 bridgehead atoms. The summed E-state index contributed by atoms with van der Waals surface area (Å²) in [5.41, 5.74) is 5.35. The van der Waals surface area contributed by atoms with Crippen molar-refractivity contribution in [2.75, 3.05) is 12.3 Å². The van der Waals surface area contributed by atoms with Crippen molar-refractivity contribution in [1.82, 2.24) is 10.3 Å². The van der Waals surface area contributed by atoms with Crippen LogP contribution in [0.3, 0.4) is 0 Å². The average molecular weight is 244 g/mol. The molecule has 0 radical (unpaired) electrons. The maximum atomic E-state index is 11.8. The van der Waals surface area contributed by atoms with E-state index in [-0.39, 0.29) is 17.3 Å². The number of hydrogen-bond acceptors (Lipinski definition) is 4. The predicted octanol–water partition coefficient (Wildman–Crippen LogP) is 0.818. The van der Waals surface area contributed by atoms with Gasteiger partial charge in [-0.3, -0.25) is 4.79 Å². The lowest BCUT2D eigenvalue weighted by molar-refractivity contribution is 0.0869. The first-order valence-corrected chi connectivity index (χ1v) is 5.08. The van der Waals surface area contributed by atoms with Crippen LogP contribution in [0.2, 0.25) is 5.15 Å². The zero-order chi connectivity index (χ0) is 12.3. The first kappa shape index (κ1) is 12.7. The standard InChI is InChI=1S/C10H14ClN3O2/c1-10(2,5-15)14-9(16)7-3-6(12)4-13-8(7)11/h3-4,15H,5,12H2,1-2H3,(H,14,16). The van der Waals surface area contributed by atoms with Gasteiger partial charge in [-0.1, -0.05) is 11.6 Å². The highest BCUT2D eigenvalue weighted by Crippen LogP contribution is 2.16. The summed E-state index contributed by atoms with van der Waals surface area (Å²) in [5.74, 6) is -0.413. The zero-order valence-corrected chi connectivity index (χ0v) is 9.88. The average Bonchev–Trinajstić information content (AvgIpc) is 2.21. The minimum Gasteiger partial charge on any atom is -0.397 e. The van der Waals surface area contributed by atoms with Crippen LogP contribution < -0.4 is 11.1 Å². The number of pyridine rings is 1. The Bertz CT molecular complexity index is 407. The fraction of sp³-hybridized carbons (Fsp3) is 0.400. The smallest absolute Gasteiger partial charge is 0.254 e. The quantitative estimate of drug-likeness (QED) is 0.686. The number of halogens is 1. The van der Waals surface area contributed by atoms with E-state index in [1.807, 2.05) is 0 Å². The second kappa shape index (κ2) is 4.67. The number of carbonyl (C=O) groups is 1. The lowest BCUT2D eigenvalue weighted by Crippen LogP contribution is -2.46. The Labute approximate surface area is 98.6 Å². The molecule has 16 heavy (non-hydrogen) atoms. The van der Waals surface area contributed by atoms with Gasteiger partial charge in [0, 0.05) is 0 Å². The molecule has 0 spiro atoms. The number of hydrogen-bond donors (Lipinski definition) is 3. The van der Waals surface area contributed by atoms with E-state index in [2.05, 4.69) is 10.3 Å². The normalized spacial score (nSPS) is 11.2. The van der Waals surface area contributed by atoms with Crippen LogP contribution in [0.5, 0.6) is 0 Å². The van der Waals surface area contributed by atoms with Crippen molar-refractivity contribution in [3.63, 3.8) is 0 Å². The molecule has 4 N–H and O–H groups in total. The summed E-state index contributed by atoms with van der Waals surface area (Å²) in [6, 6.07) is 1.44. The number of nitrogen functional groups attached to an aromatic ring is 1. The Balaban J connectivity index is 2.93. The molecule has 0 saturated carbocycles. The molecule has 6 heteroatoms. The fourth-order valence-electron chi connectivity index (χ4n) is 1.04. The number of aliphatic hydroxyl groups excluding tert-OH is 1. The summed E-state index contributed by atoms with van der Waals surface area (Å²) in [6.07, 6.45) is 1.37. The highest BCUT2D eigenvalue weighted by atomic mass is 35.5. The summed E-state index contributed by atoms with van der Waals surface area (Å²) in [7, 11) is 0. The number of nitrogens with one attached hydrogen (secondary N) is 1. The van der Waals surface area contributed by atoms with Crippen LogP contribution in [-0.2, 0) is 0 Å². The minimum atomic E-state index is -0.717. The van der Waals surface area contributed by atoms with Crippen molar-refractivity contribution in [3.8, 4) is 0 Å². The molecule has 0 saturated heterocycles. The summed E-state index contributed by atoms with van der Waals surface area (Å²) in [4.78, 5) is 15.6. The molecular weight excluding hydrogens is 230 g/mol. The predicted molar refractivity (Wildman–Crippen MR) is 62.3 cm³/mol. The Hall–Kier alpha value is -1.33. The van der Waals surface area contributed by atoms with Gasteiger partial charge in [0.25, 0.3) is 5.91 Å². The topological polar surface area (TPSA) is 88.2 Å². The number of rotatable bonds is 3. The van der Waals surface area contributed by atoms with Crippen molar-refractivity contribution in [3.05, 3.63) is 23.0 Å². The monoisotopic (exact) mass is 243 g/mol. The number of aromatic nitrogens is 1. The van der Waals surface area contributed by atoms with Crippen molar-refractivity contribution in [1.29, 1.82) is 0 Å². The van der Waals surface area contributed by atoms with E-state index < -0.39 is 11.4 Å². The van der Waals surface area contributed by atoms with Gasteiger partial charge in [0.05, 0.1) is 29.6 Å². The Morgan fingerprint density at radius 3 is 2.88 bits per heavy atom. The summed E-state index contributed by atoms with van der Waals surface area (Å²) in [6.45, 7) is 3.21. The SMILES string of the molecule is CC(C)(CO)NC(=O)c1cc(N)cnc1Cl. The molecule has 1 amide bonds. The van der Waals surface area contributed by atoms with Crippen LogP contribution in [0, 0.1) is 0 Å². The van der Waals surface area contributed by atoms with Gasteiger partial charge in [-0.05, 0) is 19.9 Å². The molecule has 0 fully saturated rings. The second-order valence-electron chi connectivity index (χ2n) is 4.10. The third-order valence-corrected chi connectivity index (χ3v) is 2.25. The first-order chi connectivity index (χ1) is 7.35. The molecule has 0 aromatic carbocycles. The van der Waals surface area contributed by atoms with Gasteiger partial charge in [-0.25, -0.2) is 4.98 Å². The molecule has 0 aliphatic rings. The summed E-state index contributed by atoms with van der Waals surface area (Å²) >= 11 is 5.77. The van der Waals surface area contributed by atoms with Gasteiger partial charge in [0.2, 0.25) is 0 Å². The number of aliphatic hydroxyl groups is 1. The van der Waals surface area contributed by atoms with E-state index in [1.165, 1.54) is 12.3 Å². The first-order valence-electron chi connectivity index (χ1n) is 4.70. The molecule has 0 aliphatic carbocycles. The number of anilines is 1. The highest BCUT2D eigenvalue weighted by molar-refractivity contribution is 6.32. The van der Waals surface area contributed by atoms with Crippen molar-refractivity contribution >= 4 is 23.2 Å². The van der Waals surface area contributed by atoms with Gasteiger partial charge in [0.1, 0.15) is 5.15 Å². The van der Waals surface area contributed by atoms with Crippen molar-refractivity contribution < 1.29 is 9.90 Å². The largest absolute Gasteiger partial charge is 0.397 e. The molecule has 1 heterocycles. The van der Waals surface area contributed by atoms with Crippen LogP contribution in [0.15, 0.2) is 12.3 Å². The van der Waals surface area contributed by atoms with Crippen molar-refractivity contribution in [2.45, 2.75) is 19.4 Å². The van der Waals surface area contributed by atoms with Crippen LogP contribution in [0.4, 0.5) is 5.69 Å². The lowest BCUT2D eigenvalue weighted by atomic mass is 10.1. The third kappa shape index (κ3) is 3.08. The summed E-state index contributed by atoms with van der Waals surface area (Å²) in [5, 5.41) is 11.7. The van der Waals surface area contributed by atoms with Gasteiger partial charge in [-0.15, -0.1) is 0 Å². The zero-order valence-electron chi connectivity index (χ0n) is 9.12. The van der Waals surface area contributed by atoms with E-state index in [4.69, 9.17) is 22.4 Å². The van der Waals surface area contributed by atoms with Gasteiger partial charge >= 0.3 is 0 Å². The van der Waals surface area contributed by atoms with Crippen LogP contribution in [0.1, 0.15) is 24.2 Å². The Morgan fingerprint density at radius 2 is 2.31 bits per heavy atom. The van der Waals surface area contributed by atoms with Gasteiger partial charge in [-0.2, -0.15) is 0 Å². The lowest BCUT2D eigenvalue weighted by Gasteiger charge is -2.23. The fourth-order valence-corrected chi connectivity index (χ4v) is 1.23. The molecule has 0 aliphatic heterocycles. The molecule has 5 nitrogen and oxygen atoms in total. The number of carbonyl (C=O) groups excluding carboxylic acids is 1. The molecule has 88 valence electrons. The molecule has 1 aromatic heterocycles. The van der Waals surface area contributed by atoms with E-state index in [0.717, 1.165) is 0 Å².